The van der Waals surface area contributed by atoms with Gasteiger partial charge in [-0.1, -0.05) is 49.2 Å². The van der Waals surface area contributed by atoms with Crippen LogP contribution in [0.4, 0.5) is 4.79 Å². The molecule has 152 valence electrons. The molecule has 0 aliphatic carbocycles. The van der Waals surface area contributed by atoms with E-state index in [9.17, 15) is 9.59 Å². The van der Waals surface area contributed by atoms with E-state index in [1.165, 1.54) is 4.90 Å². The second-order valence-electron chi connectivity index (χ2n) is 6.90. The molecule has 8 heteroatoms. The molecule has 0 atom stereocenters. The van der Waals surface area contributed by atoms with Crippen LogP contribution in [0.1, 0.15) is 25.0 Å². The minimum atomic E-state index is -0.248. The summed E-state index contributed by atoms with van der Waals surface area (Å²) >= 11 is 16.5. The number of thioether (sulfide) groups is 1. The molecule has 1 fully saturated rings. The van der Waals surface area contributed by atoms with E-state index in [0.29, 0.717) is 33.9 Å². The summed E-state index contributed by atoms with van der Waals surface area (Å²) in [6, 6.07) is 10.7. The largest absolute Gasteiger partial charge is 0.488 e. The Morgan fingerprint density at radius 2 is 1.93 bits per heavy atom. The molecule has 0 aromatic heterocycles. The summed E-state index contributed by atoms with van der Waals surface area (Å²) in [7, 11) is 0. The number of nitrogens with zero attached hydrogens (tertiary/aromatic N) is 1. The topological polar surface area (TPSA) is 46.6 Å². The normalized spacial score (nSPS) is 15.7. The van der Waals surface area contributed by atoms with Gasteiger partial charge in [0.2, 0.25) is 0 Å². The summed E-state index contributed by atoms with van der Waals surface area (Å²) in [5, 5.41) is 0.887. The lowest BCUT2D eigenvalue weighted by Gasteiger charge is -2.14. The van der Waals surface area contributed by atoms with Gasteiger partial charge < -0.3 is 4.74 Å². The molecule has 0 saturated carbocycles. The van der Waals surface area contributed by atoms with Gasteiger partial charge in [0, 0.05) is 22.2 Å². The van der Waals surface area contributed by atoms with Crippen LogP contribution >= 0.6 is 50.9 Å². The van der Waals surface area contributed by atoms with Gasteiger partial charge in [0.1, 0.15) is 12.4 Å². The molecule has 0 bridgehead atoms. The number of carbonyl (C=O) groups excluding carboxylic acids is 2. The molecule has 2 amide bonds. The first kappa shape index (κ1) is 22.2. The van der Waals surface area contributed by atoms with Gasteiger partial charge in [0.05, 0.1) is 9.38 Å². The Bertz CT molecular complexity index is 994. The third kappa shape index (κ3) is 5.57. The second kappa shape index (κ2) is 9.56. The molecule has 2 aromatic rings. The van der Waals surface area contributed by atoms with Gasteiger partial charge in [-0.25, -0.2) is 0 Å². The van der Waals surface area contributed by atoms with Gasteiger partial charge in [-0.2, -0.15) is 0 Å². The summed E-state index contributed by atoms with van der Waals surface area (Å²) < 4.78 is 6.57. The molecule has 2 aromatic carbocycles. The SMILES string of the molecule is CC(C)CN1C(=O)S/C(=C/c2ccc(OCc3ccc(Cl)cc3Cl)c(Br)c2)C1=O. The molecule has 0 N–H and O–H groups in total. The number of rotatable bonds is 6. The van der Waals surface area contributed by atoms with Crippen molar-refractivity contribution in [3.63, 3.8) is 0 Å². The maximum atomic E-state index is 12.5. The predicted molar refractivity (Wildman–Crippen MR) is 122 cm³/mol. The van der Waals surface area contributed by atoms with Crippen molar-refractivity contribution in [1.29, 1.82) is 0 Å². The first-order valence-electron chi connectivity index (χ1n) is 8.86. The van der Waals surface area contributed by atoms with Crippen LogP contribution in [-0.2, 0) is 11.4 Å². The molecule has 0 radical (unpaired) electrons. The number of benzene rings is 2. The third-order valence-corrected chi connectivity index (χ3v) is 6.19. The highest BCUT2D eigenvalue weighted by atomic mass is 79.9. The van der Waals surface area contributed by atoms with Crippen molar-refractivity contribution >= 4 is 68.1 Å². The smallest absolute Gasteiger partial charge is 0.293 e. The molecule has 1 heterocycles. The van der Waals surface area contributed by atoms with E-state index >= 15 is 0 Å². The van der Waals surface area contributed by atoms with Crippen LogP contribution in [0.5, 0.6) is 5.75 Å². The molecule has 1 aliphatic heterocycles. The molecular formula is C21H18BrCl2NO3S. The summed E-state index contributed by atoms with van der Waals surface area (Å²) in [5.74, 6) is 0.617. The summed E-state index contributed by atoms with van der Waals surface area (Å²) in [6.45, 7) is 4.66. The Hall–Kier alpha value is -1.47. The lowest BCUT2D eigenvalue weighted by Crippen LogP contribution is -2.31. The Labute approximate surface area is 192 Å². The quantitative estimate of drug-likeness (QED) is 0.388. The Morgan fingerprint density at radius 3 is 2.59 bits per heavy atom. The van der Waals surface area contributed by atoms with Gasteiger partial charge >= 0.3 is 0 Å². The monoisotopic (exact) mass is 513 g/mol. The van der Waals surface area contributed by atoms with E-state index in [0.717, 1.165) is 27.4 Å². The Kier molecular flexibility index (Phi) is 7.32. The van der Waals surface area contributed by atoms with Crippen LogP contribution in [0, 0.1) is 5.92 Å². The van der Waals surface area contributed by atoms with E-state index in [-0.39, 0.29) is 17.1 Å². The fourth-order valence-corrected chi connectivity index (χ4v) is 4.51. The first-order chi connectivity index (χ1) is 13.7. The van der Waals surface area contributed by atoms with Crippen molar-refractivity contribution < 1.29 is 14.3 Å². The highest BCUT2D eigenvalue weighted by Crippen LogP contribution is 2.34. The van der Waals surface area contributed by atoms with Crippen molar-refractivity contribution in [3.05, 3.63) is 66.9 Å². The predicted octanol–water partition coefficient (Wildman–Crippen LogP) is 7.03. The van der Waals surface area contributed by atoms with E-state index in [4.69, 9.17) is 27.9 Å². The Balaban J connectivity index is 1.72. The zero-order chi connectivity index (χ0) is 21.1. The summed E-state index contributed by atoms with van der Waals surface area (Å²) in [6.07, 6.45) is 1.72. The van der Waals surface area contributed by atoms with Gasteiger partial charge in [-0.3, -0.25) is 14.5 Å². The van der Waals surface area contributed by atoms with Crippen LogP contribution in [0.2, 0.25) is 10.0 Å². The maximum Gasteiger partial charge on any atom is 0.293 e. The highest BCUT2D eigenvalue weighted by molar-refractivity contribution is 9.10. The van der Waals surface area contributed by atoms with Gasteiger partial charge in [-0.05, 0) is 69.5 Å². The molecule has 29 heavy (non-hydrogen) atoms. The maximum absolute atomic E-state index is 12.5. The minimum absolute atomic E-state index is 0.225. The molecule has 4 nitrogen and oxygen atoms in total. The van der Waals surface area contributed by atoms with Crippen LogP contribution in [0.15, 0.2) is 45.8 Å². The van der Waals surface area contributed by atoms with E-state index in [2.05, 4.69) is 15.9 Å². The average Bonchev–Trinajstić information content (AvgIpc) is 2.89. The van der Waals surface area contributed by atoms with Crippen molar-refractivity contribution in [1.82, 2.24) is 4.90 Å². The number of amides is 2. The molecule has 0 spiro atoms. The van der Waals surface area contributed by atoms with E-state index in [1.807, 2.05) is 32.0 Å². The van der Waals surface area contributed by atoms with Crippen molar-refractivity contribution in [2.45, 2.75) is 20.5 Å². The molecule has 3 rings (SSSR count). The fourth-order valence-electron chi connectivity index (χ4n) is 2.69. The van der Waals surface area contributed by atoms with Gasteiger partial charge in [-0.15, -0.1) is 0 Å². The lowest BCUT2D eigenvalue weighted by atomic mass is 10.2. The van der Waals surface area contributed by atoms with Crippen LogP contribution in [-0.4, -0.2) is 22.6 Å². The number of hydrogen-bond donors (Lipinski definition) is 0. The summed E-state index contributed by atoms with van der Waals surface area (Å²) in [4.78, 5) is 26.3. The van der Waals surface area contributed by atoms with Crippen molar-refractivity contribution in [2.24, 2.45) is 5.92 Å². The van der Waals surface area contributed by atoms with E-state index < -0.39 is 0 Å². The lowest BCUT2D eigenvalue weighted by molar-refractivity contribution is -0.123. The number of halogens is 3. The summed E-state index contributed by atoms with van der Waals surface area (Å²) in [5.41, 5.74) is 1.62. The molecule has 1 saturated heterocycles. The molecular weight excluding hydrogens is 497 g/mol. The zero-order valence-electron chi connectivity index (χ0n) is 15.7. The number of imide groups is 1. The van der Waals surface area contributed by atoms with Crippen molar-refractivity contribution in [3.8, 4) is 5.75 Å². The number of ether oxygens (including phenoxy) is 1. The number of hydrogen-bond acceptors (Lipinski definition) is 4. The fraction of sp³-hybridized carbons (Fsp3) is 0.238. The zero-order valence-corrected chi connectivity index (χ0v) is 19.7. The Morgan fingerprint density at radius 1 is 1.17 bits per heavy atom. The van der Waals surface area contributed by atoms with Crippen LogP contribution < -0.4 is 4.74 Å². The van der Waals surface area contributed by atoms with Crippen LogP contribution in [0.25, 0.3) is 6.08 Å². The van der Waals surface area contributed by atoms with Gasteiger partial charge in [0.15, 0.2) is 0 Å². The average molecular weight is 515 g/mol. The molecule has 0 unspecified atom stereocenters. The second-order valence-corrected chi connectivity index (χ2v) is 9.59. The van der Waals surface area contributed by atoms with E-state index in [1.54, 1.807) is 24.3 Å². The highest BCUT2D eigenvalue weighted by Gasteiger charge is 2.35. The van der Waals surface area contributed by atoms with Crippen LogP contribution in [0.3, 0.4) is 0 Å². The van der Waals surface area contributed by atoms with Gasteiger partial charge in [0.25, 0.3) is 11.1 Å². The third-order valence-electron chi connectivity index (χ3n) is 4.07. The number of carbonyl (C=O) groups is 2. The molecule has 1 aliphatic rings. The van der Waals surface area contributed by atoms with Crippen molar-refractivity contribution in [2.75, 3.05) is 6.54 Å². The first-order valence-corrected chi connectivity index (χ1v) is 11.2. The minimum Gasteiger partial charge on any atom is -0.488 e. The standard InChI is InChI=1S/C21H18BrCl2NO3S/c1-12(2)10-25-20(26)19(29-21(25)27)8-13-3-6-18(16(22)7-13)28-11-14-4-5-15(23)9-17(14)24/h3-9,12H,10-11H2,1-2H3/b19-8+.